The number of alkyl halides is 3. The quantitative estimate of drug-likeness (QED) is 0.384. The molecule has 0 bridgehead atoms. The lowest BCUT2D eigenvalue weighted by atomic mass is 10.1. The van der Waals surface area contributed by atoms with Crippen molar-refractivity contribution >= 4 is 42.6 Å². The Morgan fingerprint density at radius 1 is 0.963 bits per heavy atom. The van der Waals surface area contributed by atoms with E-state index in [-0.39, 0.29) is 22.4 Å². The van der Waals surface area contributed by atoms with E-state index < -0.39 is 47.7 Å². The van der Waals surface area contributed by atoms with Gasteiger partial charge in [0, 0.05) is 17.0 Å². The minimum Gasteiger partial charge on any atom is -0.507 e. The van der Waals surface area contributed by atoms with Crippen molar-refractivity contribution in [3.8, 4) is 0 Å². The molecule has 27 heavy (non-hydrogen) atoms. The van der Waals surface area contributed by atoms with Crippen LogP contribution in [0.3, 0.4) is 0 Å². The summed E-state index contributed by atoms with van der Waals surface area (Å²) in [5.74, 6) is -3.48. The maximum absolute atomic E-state index is 12.3. The van der Waals surface area contributed by atoms with E-state index in [2.05, 4.69) is 0 Å². The molecular weight excluding hydrogens is 417 g/mol. The first-order valence-electron chi connectivity index (χ1n) is 6.65. The molecule has 146 valence electrons. The first-order valence-corrected chi connectivity index (χ1v) is 9.53. The Labute approximate surface area is 150 Å². The molecule has 0 spiro atoms. The number of benzene rings is 2. The molecule has 2 rings (SSSR count). The minimum absolute atomic E-state index is 0.114. The summed E-state index contributed by atoms with van der Waals surface area (Å²) >= 11 is 0. The molecular formula is C14H9F3O8S2. The zero-order valence-electron chi connectivity index (χ0n) is 12.8. The topological polar surface area (TPSA) is 146 Å². The van der Waals surface area contributed by atoms with Crippen LogP contribution in [0.2, 0.25) is 0 Å². The van der Waals surface area contributed by atoms with Gasteiger partial charge in [0.2, 0.25) is 0 Å². The standard InChI is InChI=1S/C14H9F3O8S2/c15-14(16,17)13(19)6-11(18)7-1-2-10-8(3-7)4-9(26(20,21)22)5-12(10)27(23,24)25/h1-6,18H,(H,20,21,22)(H,23,24,25)/b11-6+. The summed E-state index contributed by atoms with van der Waals surface area (Å²) in [5.41, 5.74) is -0.381. The number of rotatable bonds is 4. The van der Waals surface area contributed by atoms with Gasteiger partial charge in [0.25, 0.3) is 26.0 Å². The second-order valence-corrected chi connectivity index (χ2v) is 8.01. The van der Waals surface area contributed by atoms with Gasteiger partial charge < -0.3 is 5.11 Å². The highest BCUT2D eigenvalue weighted by Gasteiger charge is 2.37. The van der Waals surface area contributed by atoms with Gasteiger partial charge in [-0.15, -0.1) is 0 Å². The van der Waals surface area contributed by atoms with Crippen molar-refractivity contribution in [1.29, 1.82) is 0 Å². The smallest absolute Gasteiger partial charge is 0.454 e. The van der Waals surface area contributed by atoms with Crippen LogP contribution in [0.1, 0.15) is 5.56 Å². The van der Waals surface area contributed by atoms with Crippen LogP contribution in [0, 0.1) is 0 Å². The molecule has 0 unspecified atom stereocenters. The maximum Gasteiger partial charge on any atom is 0.454 e. The van der Waals surface area contributed by atoms with Crippen LogP contribution in [0.4, 0.5) is 13.2 Å². The Balaban J connectivity index is 2.76. The lowest BCUT2D eigenvalue weighted by Gasteiger charge is -2.09. The molecule has 8 nitrogen and oxygen atoms in total. The number of halogens is 3. The first kappa shape index (κ1) is 20.8. The number of allylic oxidation sites excluding steroid dienone is 1. The number of hydrogen-bond acceptors (Lipinski definition) is 6. The molecule has 0 fully saturated rings. The number of aliphatic hydroxyl groups excluding tert-OH is 1. The molecule has 2 aromatic rings. The van der Waals surface area contributed by atoms with E-state index >= 15 is 0 Å². The van der Waals surface area contributed by atoms with Crippen molar-refractivity contribution in [2.45, 2.75) is 16.0 Å². The van der Waals surface area contributed by atoms with Crippen LogP contribution in [-0.2, 0) is 25.0 Å². The van der Waals surface area contributed by atoms with E-state index in [1.54, 1.807) is 0 Å². The Bertz CT molecular complexity index is 1180. The Morgan fingerprint density at radius 3 is 2.04 bits per heavy atom. The van der Waals surface area contributed by atoms with Gasteiger partial charge in [-0.25, -0.2) is 0 Å². The summed E-state index contributed by atoms with van der Waals surface area (Å²) < 4.78 is 101. The van der Waals surface area contributed by atoms with E-state index in [0.29, 0.717) is 6.07 Å². The summed E-state index contributed by atoms with van der Waals surface area (Å²) in [5, 5.41) is 9.16. The lowest BCUT2D eigenvalue weighted by Crippen LogP contribution is -2.20. The number of fused-ring (bicyclic) bond motifs is 1. The second kappa shape index (κ2) is 6.60. The van der Waals surface area contributed by atoms with Crippen LogP contribution in [0.5, 0.6) is 0 Å². The molecule has 3 N–H and O–H groups in total. The van der Waals surface area contributed by atoms with Gasteiger partial charge in [-0.2, -0.15) is 30.0 Å². The summed E-state index contributed by atoms with van der Waals surface area (Å²) in [6.45, 7) is 0. The molecule has 0 aromatic heterocycles. The van der Waals surface area contributed by atoms with E-state index in [0.717, 1.165) is 24.3 Å². The number of ketones is 1. The van der Waals surface area contributed by atoms with Crippen molar-refractivity contribution in [3.05, 3.63) is 42.0 Å². The third-order valence-corrected chi connectivity index (χ3v) is 5.03. The molecule has 0 aliphatic carbocycles. The van der Waals surface area contributed by atoms with Crippen LogP contribution in [0.15, 0.2) is 46.2 Å². The third kappa shape index (κ3) is 4.63. The van der Waals surface area contributed by atoms with Crippen LogP contribution in [0.25, 0.3) is 16.5 Å². The predicted molar refractivity (Wildman–Crippen MR) is 85.2 cm³/mol. The Morgan fingerprint density at radius 2 is 1.56 bits per heavy atom. The molecule has 0 heterocycles. The van der Waals surface area contributed by atoms with Gasteiger partial charge in [0.1, 0.15) is 10.7 Å². The average molecular weight is 426 g/mol. The highest BCUT2D eigenvalue weighted by molar-refractivity contribution is 7.86. The van der Waals surface area contributed by atoms with Crippen LogP contribution < -0.4 is 0 Å². The summed E-state index contributed by atoms with van der Waals surface area (Å²) in [6.07, 6.45) is -5.35. The minimum atomic E-state index is -5.24. The largest absolute Gasteiger partial charge is 0.507 e. The summed E-state index contributed by atoms with van der Waals surface area (Å²) in [7, 11) is -9.84. The van der Waals surface area contributed by atoms with E-state index in [1.165, 1.54) is 0 Å². The van der Waals surface area contributed by atoms with Crippen molar-refractivity contribution in [1.82, 2.24) is 0 Å². The van der Waals surface area contributed by atoms with Gasteiger partial charge in [-0.05, 0) is 23.6 Å². The van der Waals surface area contributed by atoms with Crippen LogP contribution >= 0.6 is 0 Å². The van der Waals surface area contributed by atoms with Gasteiger partial charge >= 0.3 is 6.18 Å². The normalized spacial score (nSPS) is 13.7. The van der Waals surface area contributed by atoms with Crippen molar-refractivity contribution in [3.63, 3.8) is 0 Å². The molecule has 0 amide bonds. The molecule has 13 heteroatoms. The molecule has 2 aromatic carbocycles. The fourth-order valence-corrected chi connectivity index (χ4v) is 3.48. The summed E-state index contributed by atoms with van der Waals surface area (Å²) in [4.78, 5) is 9.08. The van der Waals surface area contributed by atoms with E-state index in [9.17, 15) is 44.5 Å². The van der Waals surface area contributed by atoms with Crippen LogP contribution in [-0.4, -0.2) is 43.0 Å². The monoisotopic (exact) mass is 426 g/mol. The predicted octanol–water partition coefficient (Wildman–Crippen LogP) is 2.36. The van der Waals surface area contributed by atoms with Crippen molar-refractivity contribution < 1.29 is 49.0 Å². The fourth-order valence-electron chi connectivity index (χ4n) is 2.12. The maximum atomic E-state index is 12.3. The van der Waals surface area contributed by atoms with Gasteiger partial charge in [0.05, 0.1) is 4.90 Å². The van der Waals surface area contributed by atoms with Gasteiger partial charge in [0.15, 0.2) is 0 Å². The number of carbonyl (C=O) groups is 1. The third-order valence-electron chi connectivity index (χ3n) is 3.31. The fraction of sp³-hybridized carbons (Fsp3) is 0.0714. The van der Waals surface area contributed by atoms with Gasteiger partial charge in [-0.1, -0.05) is 12.1 Å². The van der Waals surface area contributed by atoms with Crippen molar-refractivity contribution in [2.75, 3.05) is 0 Å². The van der Waals surface area contributed by atoms with E-state index in [4.69, 9.17) is 4.55 Å². The molecule has 0 saturated heterocycles. The molecule has 0 radical (unpaired) electrons. The highest BCUT2D eigenvalue weighted by atomic mass is 32.2. The zero-order valence-corrected chi connectivity index (χ0v) is 14.4. The summed E-state index contributed by atoms with van der Waals surface area (Å²) in [6, 6.07) is 4.02. The second-order valence-electron chi connectivity index (χ2n) is 5.20. The number of hydrogen-bond donors (Lipinski definition) is 3. The molecule has 0 atom stereocenters. The van der Waals surface area contributed by atoms with Crippen molar-refractivity contribution in [2.24, 2.45) is 0 Å². The Kier molecular flexibility index (Phi) is 5.09. The first-order chi connectivity index (χ1) is 12.1. The number of aliphatic hydroxyl groups is 1. The lowest BCUT2D eigenvalue weighted by molar-refractivity contribution is -0.165. The molecule has 0 aliphatic rings. The Hall–Kier alpha value is -2.48. The zero-order chi connectivity index (χ0) is 20.8. The number of carbonyl (C=O) groups excluding carboxylic acids is 1. The molecule has 0 saturated carbocycles. The van der Waals surface area contributed by atoms with Gasteiger partial charge in [-0.3, -0.25) is 13.9 Å². The highest BCUT2D eigenvalue weighted by Crippen LogP contribution is 2.30. The molecule has 0 aliphatic heterocycles. The SMILES string of the molecule is O=C(/C=C(/O)c1ccc2c(S(=O)(=O)O)cc(S(=O)(=O)O)cc2c1)C(F)(F)F. The van der Waals surface area contributed by atoms with E-state index in [1.807, 2.05) is 0 Å². The average Bonchev–Trinajstić information content (AvgIpc) is 2.50.